The van der Waals surface area contributed by atoms with Gasteiger partial charge in [0.2, 0.25) is 0 Å². The van der Waals surface area contributed by atoms with E-state index in [0.717, 1.165) is 5.41 Å². The van der Waals surface area contributed by atoms with Gasteiger partial charge in [0, 0.05) is 5.25 Å². The zero-order valence-corrected chi connectivity index (χ0v) is 10.6. The summed E-state index contributed by atoms with van der Waals surface area (Å²) in [6.45, 7) is 1.80. The molecule has 0 saturated carbocycles. The average Bonchev–Trinajstić information content (AvgIpc) is 2.46. The standard InChI is InChI=1S/C11H14O3S2/c1-2-14-16(12,13)10-9-15-11-7-5-3-4-6-8-11/h3-11H,2H2,1H3. The van der Waals surface area contributed by atoms with Crippen molar-refractivity contribution in [3.8, 4) is 0 Å². The minimum absolute atomic E-state index is 0.156. The molecular weight excluding hydrogens is 244 g/mol. The van der Waals surface area contributed by atoms with Crippen LogP contribution in [-0.4, -0.2) is 20.3 Å². The predicted octanol–water partition coefficient (Wildman–Crippen LogP) is 2.61. The number of hydrogen-bond donors (Lipinski definition) is 0. The van der Waals surface area contributed by atoms with E-state index in [2.05, 4.69) is 4.18 Å². The Morgan fingerprint density at radius 1 is 1.25 bits per heavy atom. The summed E-state index contributed by atoms with van der Waals surface area (Å²) in [5, 5.41) is 2.78. The van der Waals surface area contributed by atoms with Gasteiger partial charge in [-0.25, -0.2) is 0 Å². The molecule has 0 atom stereocenters. The molecule has 0 aromatic heterocycles. The minimum atomic E-state index is -3.51. The summed E-state index contributed by atoms with van der Waals surface area (Å²) >= 11 is 1.41. The average molecular weight is 258 g/mol. The SMILES string of the molecule is CCOS(=O)(=O)C=CSC1C=CC=CC=C1. The van der Waals surface area contributed by atoms with E-state index in [1.165, 1.54) is 17.2 Å². The highest BCUT2D eigenvalue weighted by molar-refractivity contribution is 8.03. The lowest BCUT2D eigenvalue weighted by molar-refractivity contribution is 0.345. The maximum atomic E-state index is 11.2. The smallest absolute Gasteiger partial charge is 0.267 e. The second-order valence-electron chi connectivity index (χ2n) is 2.93. The third-order valence-electron chi connectivity index (χ3n) is 1.67. The Balaban J connectivity index is 2.48. The van der Waals surface area contributed by atoms with Crippen molar-refractivity contribution in [3.05, 3.63) is 47.3 Å². The quantitative estimate of drug-likeness (QED) is 0.711. The van der Waals surface area contributed by atoms with Crippen molar-refractivity contribution in [2.24, 2.45) is 0 Å². The second kappa shape index (κ2) is 6.73. The molecule has 1 rings (SSSR count). The summed E-state index contributed by atoms with van der Waals surface area (Å²) in [5.41, 5.74) is 0. The van der Waals surface area contributed by atoms with Crippen LogP contribution < -0.4 is 0 Å². The Morgan fingerprint density at radius 3 is 2.44 bits per heavy atom. The molecule has 0 aliphatic heterocycles. The fraction of sp³-hybridized carbons (Fsp3) is 0.273. The van der Waals surface area contributed by atoms with E-state index in [9.17, 15) is 8.42 Å². The minimum Gasteiger partial charge on any atom is -0.267 e. The Bertz CT molecular complexity index is 401. The summed E-state index contributed by atoms with van der Waals surface area (Å²) < 4.78 is 26.9. The summed E-state index contributed by atoms with van der Waals surface area (Å²) in [6, 6.07) is 0. The van der Waals surface area contributed by atoms with Crippen molar-refractivity contribution in [2.75, 3.05) is 6.61 Å². The van der Waals surface area contributed by atoms with Crippen LogP contribution in [0.4, 0.5) is 0 Å². The molecule has 0 aromatic rings. The molecule has 0 saturated heterocycles. The Hall–Kier alpha value is -0.780. The van der Waals surface area contributed by atoms with Crippen LogP contribution in [0, 0.1) is 0 Å². The molecule has 0 bridgehead atoms. The van der Waals surface area contributed by atoms with Crippen LogP contribution in [0.1, 0.15) is 6.92 Å². The highest BCUT2D eigenvalue weighted by Gasteiger charge is 2.04. The molecule has 0 radical (unpaired) electrons. The molecule has 88 valence electrons. The summed E-state index contributed by atoms with van der Waals surface area (Å²) in [7, 11) is -3.51. The van der Waals surface area contributed by atoms with Crippen molar-refractivity contribution in [1.29, 1.82) is 0 Å². The van der Waals surface area contributed by atoms with E-state index in [1.54, 1.807) is 6.92 Å². The van der Waals surface area contributed by atoms with Gasteiger partial charge in [-0.1, -0.05) is 36.5 Å². The third kappa shape index (κ3) is 5.34. The second-order valence-corrected chi connectivity index (χ2v) is 5.51. The van der Waals surface area contributed by atoms with E-state index in [-0.39, 0.29) is 11.9 Å². The van der Waals surface area contributed by atoms with Crippen LogP contribution in [0.3, 0.4) is 0 Å². The van der Waals surface area contributed by atoms with E-state index >= 15 is 0 Å². The highest BCUT2D eigenvalue weighted by Crippen LogP contribution is 2.17. The maximum absolute atomic E-state index is 11.2. The van der Waals surface area contributed by atoms with Gasteiger partial charge >= 0.3 is 0 Å². The molecule has 0 unspecified atom stereocenters. The van der Waals surface area contributed by atoms with E-state index in [1.807, 2.05) is 36.5 Å². The number of hydrogen-bond acceptors (Lipinski definition) is 4. The Labute approximate surface area is 101 Å². The largest absolute Gasteiger partial charge is 0.290 e. The zero-order valence-electron chi connectivity index (χ0n) is 8.94. The molecule has 1 aliphatic carbocycles. The fourth-order valence-corrected chi connectivity index (χ4v) is 2.78. The van der Waals surface area contributed by atoms with Crippen LogP contribution >= 0.6 is 11.8 Å². The molecule has 0 fully saturated rings. The molecule has 3 nitrogen and oxygen atoms in total. The van der Waals surface area contributed by atoms with E-state index in [0.29, 0.717) is 0 Å². The predicted molar refractivity (Wildman–Crippen MR) is 68.5 cm³/mol. The van der Waals surface area contributed by atoms with Crippen LogP contribution in [0.5, 0.6) is 0 Å². The fourth-order valence-electron chi connectivity index (χ4n) is 1.02. The first-order chi connectivity index (χ1) is 7.64. The van der Waals surface area contributed by atoms with Crippen molar-refractivity contribution >= 4 is 21.9 Å². The molecule has 5 heteroatoms. The summed E-state index contributed by atoms with van der Waals surface area (Å²) in [5.74, 6) is 0. The monoisotopic (exact) mass is 258 g/mol. The van der Waals surface area contributed by atoms with Gasteiger partial charge in [0.15, 0.2) is 0 Å². The van der Waals surface area contributed by atoms with Gasteiger partial charge in [-0.05, 0) is 12.3 Å². The lowest BCUT2D eigenvalue weighted by Crippen LogP contribution is -2.00. The molecule has 0 heterocycles. The lowest BCUT2D eigenvalue weighted by Gasteiger charge is -2.01. The highest BCUT2D eigenvalue weighted by atomic mass is 32.2. The number of allylic oxidation sites excluding steroid dienone is 4. The summed E-state index contributed by atoms with van der Waals surface area (Å²) in [4.78, 5) is 0. The van der Waals surface area contributed by atoms with Gasteiger partial charge in [-0.2, -0.15) is 8.42 Å². The van der Waals surface area contributed by atoms with Gasteiger partial charge in [0.25, 0.3) is 10.1 Å². The first kappa shape index (κ1) is 13.3. The first-order valence-corrected chi connectivity index (χ1v) is 7.28. The van der Waals surface area contributed by atoms with Gasteiger partial charge in [0.1, 0.15) is 0 Å². The van der Waals surface area contributed by atoms with Crippen LogP contribution in [0.25, 0.3) is 0 Å². The Morgan fingerprint density at radius 2 is 1.88 bits per heavy atom. The van der Waals surface area contributed by atoms with Crippen LogP contribution in [0.2, 0.25) is 0 Å². The van der Waals surface area contributed by atoms with Gasteiger partial charge in [0.05, 0.1) is 12.0 Å². The first-order valence-electron chi connectivity index (χ1n) is 4.87. The number of rotatable bonds is 5. The maximum Gasteiger partial charge on any atom is 0.290 e. The van der Waals surface area contributed by atoms with Crippen molar-refractivity contribution in [3.63, 3.8) is 0 Å². The lowest BCUT2D eigenvalue weighted by atomic mass is 10.4. The van der Waals surface area contributed by atoms with Crippen LogP contribution in [0.15, 0.2) is 47.3 Å². The molecule has 0 amide bonds. The van der Waals surface area contributed by atoms with Crippen LogP contribution in [-0.2, 0) is 14.3 Å². The third-order valence-corrected chi connectivity index (χ3v) is 3.80. The molecule has 0 aromatic carbocycles. The summed E-state index contributed by atoms with van der Waals surface area (Å²) in [6.07, 6.45) is 11.7. The van der Waals surface area contributed by atoms with Crippen molar-refractivity contribution in [2.45, 2.75) is 12.2 Å². The van der Waals surface area contributed by atoms with Crippen molar-refractivity contribution < 1.29 is 12.6 Å². The molecule has 1 aliphatic rings. The molecule has 0 N–H and O–H groups in total. The van der Waals surface area contributed by atoms with E-state index < -0.39 is 10.1 Å². The molecule has 16 heavy (non-hydrogen) atoms. The number of thioether (sulfide) groups is 1. The van der Waals surface area contributed by atoms with Gasteiger partial charge < -0.3 is 0 Å². The zero-order chi connectivity index (χ0) is 11.9. The van der Waals surface area contributed by atoms with Crippen molar-refractivity contribution in [1.82, 2.24) is 0 Å². The molecular formula is C11H14O3S2. The van der Waals surface area contributed by atoms with Gasteiger partial charge in [-0.15, -0.1) is 11.8 Å². The Kier molecular flexibility index (Phi) is 5.59. The topological polar surface area (TPSA) is 43.4 Å². The van der Waals surface area contributed by atoms with E-state index in [4.69, 9.17) is 0 Å². The molecule has 0 spiro atoms. The normalized spacial score (nSPS) is 17.1. The van der Waals surface area contributed by atoms with Gasteiger partial charge in [-0.3, -0.25) is 4.18 Å².